The van der Waals surface area contributed by atoms with Gasteiger partial charge in [0.2, 0.25) is 5.91 Å². The second-order valence-electron chi connectivity index (χ2n) is 4.78. The SMILES string of the molecule is CC(=O)N(C(=O)N/C=C/c1ccc(Cl)cc1)c1ccc(N)cc1. The molecule has 0 aliphatic rings. The highest BCUT2D eigenvalue weighted by Crippen LogP contribution is 2.17. The second-order valence-corrected chi connectivity index (χ2v) is 5.22. The van der Waals surface area contributed by atoms with Crippen molar-refractivity contribution in [2.75, 3.05) is 10.6 Å². The van der Waals surface area contributed by atoms with E-state index in [-0.39, 0.29) is 0 Å². The van der Waals surface area contributed by atoms with Gasteiger partial charge in [-0.15, -0.1) is 0 Å². The molecule has 0 aromatic heterocycles. The first kappa shape index (κ1) is 16.6. The molecule has 2 aromatic carbocycles. The molecule has 3 amide bonds. The topological polar surface area (TPSA) is 75.4 Å². The summed E-state index contributed by atoms with van der Waals surface area (Å²) < 4.78 is 0. The Balaban J connectivity index is 2.08. The number of hydrogen-bond acceptors (Lipinski definition) is 3. The van der Waals surface area contributed by atoms with Gasteiger partial charge in [-0.05, 0) is 48.0 Å². The van der Waals surface area contributed by atoms with Gasteiger partial charge in [-0.25, -0.2) is 9.69 Å². The molecule has 118 valence electrons. The minimum atomic E-state index is -0.549. The summed E-state index contributed by atoms with van der Waals surface area (Å²) in [5, 5.41) is 3.20. The minimum absolute atomic E-state index is 0.396. The number of rotatable bonds is 3. The Hall–Kier alpha value is -2.79. The van der Waals surface area contributed by atoms with Gasteiger partial charge in [0, 0.05) is 23.8 Å². The molecule has 2 rings (SSSR count). The van der Waals surface area contributed by atoms with Crippen molar-refractivity contribution in [1.82, 2.24) is 5.32 Å². The lowest BCUT2D eigenvalue weighted by Gasteiger charge is -2.18. The zero-order valence-electron chi connectivity index (χ0n) is 12.5. The molecule has 0 bridgehead atoms. The molecule has 0 aliphatic heterocycles. The molecule has 0 aliphatic carbocycles. The van der Waals surface area contributed by atoms with Crippen molar-refractivity contribution >= 4 is 41.0 Å². The van der Waals surface area contributed by atoms with Gasteiger partial charge in [0.1, 0.15) is 0 Å². The quantitative estimate of drug-likeness (QED) is 0.844. The van der Waals surface area contributed by atoms with E-state index in [9.17, 15) is 9.59 Å². The highest BCUT2D eigenvalue weighted by Gasteiger charge is 2.18. The zero-order chi connectivity index (χ0) is 16.8. The summed E-state index contributed by atoms with van der Waals surface area (Å²) in [4.78, 5) is 25.0. The van der Waals surface area contributed by atoms with Crippen molar-refractivity contribution in [2.24, 2.45) is 0 Å². The van der Waals surface area contributed by atoms with Crippen molar-refractivity contribution in [2.45, 2.75) is 6.92 Å². The Morgan fingerprint density at radius 3 is 2.26 bits per heavy atom. The van der Waals surface area contributed by atoms with Gasteiger partial charge in [-0.3, -0.25) is 4.79 Å². The molecule has 0 saturated heterocycles. The van der Waals surface area contributed by atoms with Crippen LogP contribution in [0.1, 0.15) is 12.5 Å². The normalized spacial score (nSPS) is 10.5. The summed E-state index contributed by atoms with van der Waals surface area (Å²) in [6.07, 6.45) is 3.17. The number of benzene rings is 2. The largest absolute Gasteiger partial charge is 0.399 e. The van der Waals surface area contributed by atoms with E-state index >= 15 is 0 Å². The number of halogens is 1. The fourth-order valence-corrected chi connectivity index (χ4v) is 2.04. The molecule has 0 radical (unpaired) electrons. The standard InChI is InChI=1S/C17H16ClN3O2/c1-12(22)21(16-8-6-15(19)7-9-16)17(23)20-11-10-13-2-4-14(18)5-3-13/h2-11H,19H2,1H3,(H,20,23)/b11-10+. The van der Waals surface area contributed by atoms with E-state index in [0.717, 1.165) is 10.5 Å². The number of nitrogens with one attached hydrogen (secondary N) is 1. The number of nitrogens with zero attached hydrogens (tertiary/aromatic N) is 1. The molecule has 3 N–H and O–H groups in total. The van der Waals surface area contributed by atoms with Crippen LogP contribution in [-0.2, 0) is 4.79 Å². The molecule has 0 saturated carbocycles. The number of amides is 3. The first-order chi connectivity index (χ1) is 11.0. The summed E-state index contributed by atoms with van der Waals surface area (Å²) in [6.45, 7) is 1.32. The lowest BCUT2D eigenvalue weighted by Crippen LogP contribution is -2.40. The van der Waals surface area contributed by atoms with Crippen LogP contribution < -0.4 is 16.0 Å². The third-order valence-corrected chi connectivity index (χ3v) is 3.27. The number of carbonyl (C=O) groups is 2. The lowest BCUT2D eigenvalue weighted by atomic mass is 10.2. The van der Waals surface area contributed by atoms with E-state index in [1.807, 2.05) is 12.1 Å². The maximum Gasteiger partial charge on any atom is 0.332 e. The summed E-state index contributed by atoms with van der Waals surface area (Å²) in [6, 6.07) is 13.1. The van der Waals surface area contributed by atoms with Crippen molar-refractivity contribution < 1.29 is 9.59 Å². The van der Waals surface area contributed by atoms with Gasteiger partial charge in [0.15, 0.2) is 0 Å². The van der Waals surface area contributed by atoms with Gasteiger partial charge >= 0.3 is 6.03 Å². The number of hydrogen-bond donors (Lipinski definition) is 2. The van der Waals surface area contributed by atoms with Crippen LogP contribution in [0.3, 0.4) is 0 Å². The van der Waals surface area contributed by atoms with Gasteiger partial charge in [0.25, 0.3) is 0 Å². The third-order valence-electron chi connectivity index (χ3n) is 3.02. The molecular formula is C17H16ClN3O2. The Morgan fingerprint density at radius 2 is 1.70 bits per heavy atom. The van der Waals surface area contributed by atoms with Crippen LogP contribution in [-0.4, -0.2) is 11.9 Å². The Labute approximate surface area is 139 Å². The highest BCUT2D eigenvalue weighted by molar-refractivity contribution is 6.30. The number of urea groups is 1. The maximum atomic E-state index is 12.2. The lowest BCUT2D eigenvalue weighted by molar-refractivity contribution is -0.115. The number of imide groups is 1. The van der Waals surface area contributed by atoms with Gasteiger partial charge < -0.3 is 11.1 Å². The first-order valence-corrected chi connectivity index (χ1v) is 7.24. The van der Waals surface area contributed by atoms with Crippen LogP contribution in [0.4, 0.5) is 16.2 Å². The fourth-order valence-electron chi connectivity index (χ4n) is 1.91. The molecule has 6 heteroatoms. The molecule has 0 fully saturated rings. The van der Waals surface area contributed by atoms with Gasteiger partial charge in [0.05, 0.1) is 5.69 Å². The van der Waals surface area contributed by atoms with Crippen molar-refractivity contribution in [3.05, 3.63) is 65.3 Å². The van der Waals surface area contributed by atoms with E-state index in [2.05, 4.69) is 5.32 Å². The van der Waals surface area contributed by atoms with E-state index in [0.29, 0.717) is 16.4 Å². The molecule has 5 nitrogen and oxygen atoms in total. The first-order valence-electron chi connectivity index (χ1n) is 6.86. The second kappa shape index (κ2) is 7.47. The van der Waals surface area contributed by atoms with Crippen molar-refractivity contribution in [3.8, 4) is 0 Å². The van der Waals surface area contributed by atoms with E-state index < -0.39 is 11.9 Å². The number of anilines is 2. The highest BCUT2D eigenvalue weighted by atomic mass is 35.5. The summed E-state index contributed by atoms with van der Waals surface area (Å²) in [5.41, 5.74) is 7.49. The molecule has 23 heavy (non-hydrogen) atoms. The van der Waals surface area contributed by atoms with Crippen molar-refractivity contribution in [3.63, 3.8) is 0 Å². The zero-order valence-corrected chi connectivity index (χ0v) is 13.2. The van der Waals surface area contributed by atoms with Crippen LogP contribution in [0.15, 0.2) is 54.7 Å². The smallest absolute Gasteiger partial charge is 0.332 e. The summed E-state index contributed by atoms with van der Waals surface area (Å²) in [7, 11) is 0. The fraction of sp³-hybridized carbons (Fsp3) is 0.0588. The van der Waals surface area contributed by atoms with Crippen molar-refractivity contribution in [1.29, 1.82) is 0 Å². The predicted molar refractivity (Wildman–Crippen MR) is 93.0 cm³/mol. The average Bonchev–Trinajstić information content (AvgIpc) is 2.51. The number of nitrogens with two attached hydrogens (primary N) is 1. The molecule has 2 aromatic rings. The number of carbonyl (C=O) groups excluding carboxylic acids is 2. The van der Waals surface area contributed by atoms with Crippen LogP contribution in [0, 0.1) is 0 Å². The van der Waals surface area contributed by atoms with E-state index in [1.165, 1.54) is 13.1 Å². The Morgan fingerprint density at radius 1 is 1.09 bits per heavy atom. The molecule has 0 heterocycles. The van der Waals surface area contributed by atoms with E-state index in [1.54, 1.807) is 42.5 Å². The molecule has 0 spiro atoms. The average molecular weight is 330 g/mol. The van der Waals surface area contributed by atoms with Crippen LogP contribution in [0.5, 0.6) is 0 Å². The van der Waals surface area contributed by atoms with Gasteiger partial charge in [-0.2, -0.15) is 0 Å². The Bertz CT molecular complexity index is 725. The summed E-state index contributed by atoms with van der Waals surface area (Å²) >= 11 is 5.80. The maximum absolute atomic E-state index is 12.2. The predicted octanol–water partition coefficient (Wildman–Crippen LogP) is 3.66. The monoisotopic (exact) mass is 329 g/mol. The molecule has 0 atom stereocenters. The summed E-state index contributed by atoms with van der Waals surface area (Å²) in [5.74, 6) is -0.396. The third kappa shape index (κ3) is 4.59. The van der Waals surface area contributed by atoms with Gasteiger partial charge in [-0.1, -0.05) is 23.7 Å². The number of nitrogen functional groups attached to an aromatic ring is 1. The van der Waals surface area contributed by atoms with Crippen LogP contribution in [0.25, 0.3) is 6.08 Å². The molecule has 0 unspecified atom stereocenters. The van der Waals surface area contributed by atoms with Crippen LogP contribution >= 0.6 is 11.6 Å². The Kier molecular flexibility index (Phi) is 5.38. The molecular weight excluding hydrogens is 314 g/mol. The van der Waals surface area contributed by atoms with Crippen LogP contribution in [0.2, 0.25) is 5.02 Å². The van der Waals surface area contributed by atoms with E-state index in [4.69, 9.17) is 17.3 Å². The minimum Gasteiger partial charge on any atom is -0.399 e.